The minimum Gasteiger partial charge on any atom is -0.341 e. The summed E-state index contributed by atoms with van der Waals surface area (Å²) in [4.78, 5) is 29.0. The van der Waals surface area contributed by atoms with Gasteiger partial charge >= 0.3 is 0 Å². The second-order valence-corrected chi connectivity index (χ2v) is 6.70. The molecule has 2 amide bonds. The van der Waals surface area contributed by atoms with Crippen molar-refractivity contribution in [3.05, 3.63) is 42.0 Å². The first kappa shape index (κ1) is 15.8. The highest BCUT2D eigenvalue weighted by Crippen LogP contribution is 2.33. The standard InChI is InChI=1S/C19H24N2O2/c1-13-7-6-11-20(12-10-13)18(22)15(3)21-14(2)16-8-4-5-9-17(16)19(21)23/h4-5,8-9,13,15H,2,6-7,10-12H2,1,3H3/t13-,15+/m1/s1. The number of hydrogen-bond acceptors (Lipinski definition) is 2. The van der Waals surface area contributed by atoms with E-state index in [0.717, 1.165) is 31.5 Å². The molecule has 0 radical (unpaired) electrons. The SMILES string of the molecule is C=C1c2ccccc2C(=O)N1[C@@H](C)C(=O)N1CCC[C@@H](C)CC1. The van der Waals surface area contributed by atoms with Crippen molar-refractivity contribution < 1.29 is 9.59 Å². The molecule has 0 unspecified atom stereocenters. The summed E-state index contributed by atoms with van der Waals surface area (Å²) in [6.45, 7) is 9.66. The molecule has 3 rings (SSSR count). The number of carbonyl (C=O) groups is 2. The predicted molar refractivity (Wildman–Crippen MR) is 90.7 cm³/mol. The van der Waals surface area contributed by atoms with Crippen molar-refractivity contribution in [3.8, 4) is 0 Å². The van der Waals surface area contributed by atoms with E-state index >= 15 is 0 Å². The molecule has 1 aromatic carbocycles. The van der Waals surface area contributed by atoms with Crippen LogP contribution in [0.25, 0.3) is 5.70 Å². The van der Waals surface area contributed by atoms with Gasteiger partial charge in [0.2, 0.25) is 5.91 Å². The van der Waals surface area contributed by atoms with Gasteiger partial charge in [0.05, 0.1) is 0 Å². The Balaban J connectivity index is 1.78. The molecule has 23 heavy (non-hydrogen) atoms. The Bertz CT molecular complexity index is 618. The first-order chi connectivity index (χ1) is 11.0. The molecule has 0 saturated carbocycles. The van der Waals surface area contributed by atoms with Crippen LogP contribution in [-0.2, 0) is 4.79 Å². The Kier molecular flexibility index (Phi) is 4.24. The van der Waals surface area contributed by atoms with Crippen molar-refractivity contribution in [1.82, 2.24) is 9.80 Å². The molecule has 4 heteroatoms. The highest BCUT2D eigenvalue weighted by Gasteiger charge is 2.38. The summed E-state index contributed by atoms with van der Waals surface area (Å²) in [5.74, 6) is 0.576. The molecule has 0 N–H and O–H groups in total. The van der Waals surface area contributed by atoms with E-state index in [1.807, 2.05) is 30.0 Å². The normalized spacial score (nSPS) is 22.8. The molecule has 122 valence electrons. The number of nitrogens with zero attached hydrogens (tertiary/aromatic N) is 2. The minimum absolute atomic E-state index is 0.0291. The third-order valence-electron chi connectivity index (χ3n) is 5.05. The van der Waals surface area contributed by atoms with Gasteiger partial charge in [0.25, 0.3) is 5.91 Å². The second kappa shape index (κ2) is 6.19. The van der Waals surface area contributed by atoms with Gasteiger partial charge in [0.15, 0.2) is 0 Å². The average molecular weight is 312 g/mol. The van der Waals surface area contributed by atoms with Crippen LogP contribution >= 0.6 is 0 Å². The van der Waals surface area contributed by atoms with Gasteiger partial charge < -0.3 is 4.90 Å². The number of fused-ring (bicyclic) bond motifs is 1. The van der Waals surface area contributed by atoms with Crippen LogP contribution in [0.5, 0.6) is 0 Å². The number of hydrogen-bond donors (Lipinski definition) is 0. The van der Waals surface area contributed by atoms with Crippen LogP contribution in [-0.4, -0.2) is 40.7 Å². The molecular weight excluding hydrogens is 288 g/mol. The lowest BCUT2D eigenvalue weighted by molar-refractivity contribution is -0.134. The highest BCUT2D eigenvalue weighted by atomic mass is 16.2. The van der Waals surface area contributed by atoms with Crippen LogP contribution in [0.2, 0.25) is 0 Å². The molecule has 1 saturated heterocycles. The summed E-state index contributed by atoms with van der Waals surface area (Å²) in [7, 11) is 0. The molecule has 0 spiro atoms. The van der Waals surface area contributed by atoms with Gasteiger partial charge in [-0.3, -0.25) is 14.5 Å². The van der Waals surface area contributed by atoms with Gasteiger partial charge in [-0.2, -0.15) is 0 Å². The van der Waals surface area contributed by atoms with Gasteiger partial charge in [0.1, 0.15) is 6.04 Å². The summed E-state index contributed by atoms with van der Waals surface area (Å²) in [5.41, 5.74) is 2.11. The molecule has 2 heterocycles. The van der Waals surface area contributed by atoms with Crippen molar-refractivity contribution >= 4 is 17.5 Å². The zero-order valence-electron chi connectivity index (χ0n) is 13.9. The van der Waals surface area contributed by atoms with Gasteiger partial charge in [-0.15, -0.1) is 0 Å². The third kappa shape index (κ3) is 2.78. The lowest BCUT2D eigenvalue weighted by atomic mass is 10.0. The van der Waals surface area contributed by atoms with E-state index in [1.54, 1.807) is 11.0 Å². The predicted octanol–water partition coefficient (Wildman–Crippen LogP) is 3.15. The van der Waals surface area contributed by atoms with E-state index in [2.05, 4.69) is 13.5 Å². The van der Waals surface area contributed by atoms with Crippen LogP contribution < -0.4 is 0 Å². The first-order valence-electron chi connectivity index (χ1n) is 8.41. The number of amides is 2. The molecule has 4 nitrogen and oxygen atoms in total. The topological polar surface area (TPSA) is 40.6 Å². The number of carbonyl (C=O) groups excluding carboxylic acids is 2. The van der Waals surface area contributed by atoms with Crippen molar-refractivity contribution in [1.29, 1.82) is 0 Å². The molecule has 2 aliphatic rings. The maximum Gasteiger partial charge on any atom is 0.259 e. The summed E-state index contributed by atoms with van der Waals surface area (Å²) in [5, 5.41) is 0. The number of benzene rings is 1. The average Bonchev–Trinajstić information content (AvgIpc) is 2.69. The van der Waals surface area contributed by atoms with E-state index in [-0.39, 0.29) is 11.8 Å². The van der Waals surface area contributed by atoms with Gasteiger partial charge in [-0.05, 0) is 38.2 Å². The highest BCUT2D eigenvalue weighted by molar-refractivity contribution is 6.10. The van der Waals surface area contributed by atoms with Gasteiger partial charge in [-0.25, -0.2) is 0 Å². The van der Waals surface area contributed by atoms with Crippen molar-refractivity contribution in [2.75, 3.05) is 13.1 Å². The van der Waals surface area contributed by atoms with E-state index in [0.29, 0.717) is 17.2 Å². The van der Waals surface area contributed by atoms with E-state index in [4.69, 9.17) is 0 Å². The molecule has 2 aliphatic heterocycles. The molecule has 1 fully saturated rings. The quantitative estimate of drug-likeness (QED) is 0.841. The molecular formula is C19H24N2O2. The smallest absolute Gasteiger partial charge is 0.259 e. The second-order valence-electron chi connectivity index (χ2n) is 6.70. The Hall–Kier alpha value is -2.10. The van der Waals surface area contributed by atoms with E-state index in [9.17, 15) is 9.59 Å². The van der Waals surface area contributed by atoms with Crippen molar-refractivity contribution in [2.45, 2.75) is 39.2 Å². The molecule has 1 aromatic rings. The largest absolute Gasteiger partial charge is 0.341 e. The maximum atomic E-state index is 12.9. The van der Waals surface area contributed by atoms with Crippen LogP contribution in [0, 0.1) is 5.92 Å². The van der Waals surface area contributed by atoms with Crippen molar-refractivity contribution in [2.24, 2.45) is 5.92 Å². The summed E-state index contributed by atoms with van der Waals surface area (Å²) < 4.78 is 0. The Morgan fingerprint density at radius 2 is 1.91 bits per heavy atom. The molecule has 0 aromatic heterocycles. The maximum absolute atomic E-state index is 12.9. The molecule has 0 bridgehead atoms. The zero-order valence-corrected chi connectivity index (χ0v) is 13.9. The fraction of sp³-hybridized carbons (Fsp3) is 0.474. The fourth-order valence-corrected chi connectivity index (χ4v) is 3.57. The zero-order chi connectivity index (χ0) is 16.6. The van der Waals surface area contributed by atoms with Crippen LogP contribution in [0.1, 0.15) is 49.0 Å². The van der Waals surface area contributed by atoms with Crippen LogP contribution in [0.3, 0.4) is 0 Å². The number of rotatable bonds is 2. The summed E-state index contributed by atoms with van der Waals surface area (Å²) in [6.07, 6.45) is 3.24. The Labute approximate surface area is 137 Å². The first-order valence-corrected chi connectivity index (χ1v) is 8.41. The Morgan fingerprint density at radius 3 is 2.61 bits per heavy atom. The molecule has 0 aliphatic carbocycles. The number of likely N-dealkylation sites (tertiary alicyclic amines) is 1. The van der Waals surface area contributed by atoms with Crippen molar-refractivity contribution in [3.63, 3.8) is 0 Å². The van der Waals surface area contributed by atoms with Gasteiger partial charge in [-0.1, -0.05) is 31.7 Å². The van der Waals surface area contributed by atoms with Crippen LogP contribution in [0.4, 0.5) is 0 Å². The fourth-order valence-electron chi connectivity index (χ4n) is 3.57. The lowest BCUT2D eigenvalue weighted by Crippen LogP contribution is -2.47. The third-order valence-corrected chi connectivity index (χ3v) is 5.05. The van der Waals surface area contributed by atoms with E-state index in [1.165, 1.54) is 6.42 Å². The monoisotopic (exact) mass is 312 g/mol. The summed E-state index contributed by atoms with van der Waals surface area (Å²) in [6, 6.07) is 6.92. The lowest BCUT2D eigenvalue weighted by Gasteiger charge is -2.30. The minimum atomic E-state index is -0.504. The van der Waals surface area contributed by atoms with E-state index < -0.39 is 6.04 Å². The Morgan fingerprint density at radius 1 is 1.22 bits per heavy atom. The molecule has 2 atom stereocenters. The van der Waals surface area contributed by atoms with Crippen LogP contribution in [0.15, 0.2) is 30.8 Å². The summed E-state index contributed by atoms with van der Waals surface area (Å²) >= 11 is 0. The van der Waals surface area contributed by atoms with Gasteiger partial charge in [0, 0.05) is 29.9 Å².